The molecule has 0 bridgehead atoms. The first-order chi connectivity index (χ1) is 7.24. The van der Waals surface area contributed by atoms with Crippen molar-refractivity contribution in [1.82, 2.24) is 0 Å². The number of thioether (sulfide) groups is 1. The van der Waals surface area contributed by atoms with Gasteiger partial charge in [0.05, 0.1) is 10.7 Å². The fraction of sp³-hybridized carbons (Fsp3) is 0.455. The predicted molar refractivity (Wildman–Crippen MR) is 67.5 cm³/mol. The van der Waals surface area contributed by atoms with Gasteiger partial charge >= 0.3 is 0 Å². The molecule has 1 aromatic rings. The van der Waals surface area contributed by atoms with Crippen LogP contribution >= 0.6 is 23.4 Å². The average molecular weight is 246 g/mol. The topological polar surface area (TPSA) is 46.2 Å². The SMILES string of the molecule is Nc1ccc(SCCCCCO)cc1Cl. The lowest BCUT2D eigenvalue weighted by Crippen LogP contribution is -1.87. The van der Waals surface area contributed by atoms with Gasteiger partial charge in [-0.3, -0.25) is 0 Å². The van der Waals surface area contributed by atoms with Crippen LogP contribution in [0.3, 0.4) is 0 Å². The van der Waals surface area contributed by atoms with Gasteiger partial charge in [-0.2, -0.15) is 0 Å². The van der Waals surface area contributed by atoms with Crippen molar-refractivity contribution in [3.8, 4) is 0 Å². The smallest absolute Gasteiger partial charge is 0.0646 e. The number of nitrogens with two attached hydrogens (primary N) is 1. The van der Waals surface area contributed by atoms with Gasteiger partial charge in [-0.25, -0.2) is 0 Å². The Hall–Kier alpha value is -0.380. The molecule has 0 saturated heterocycles. The number of hydrogen-bond donors (Lipinski definition) is 2. The first kappa shape index (κ1) is 12.7. The van der Waals surface area contributed by atoms with E-state index in [-0.39, 0.29) is 0 Å². The van der Waals surface area contributed by atoms with Crippen molar-refractivity contribution in [3.05, 3.63) is 23.2 Å². The molecule has 0 aliphatic rings. The molecule has 1 aromatic carbocycles. The highest BCUT2D eigenvalue weighted by molar-refractivity contribution is 7.99. The summed E-state index contributed by atoms with van der Waals surface area (Å²) in [6, 6.07) is 5.71. The van der Waals surface area contributed by atoms with E-state index in [2.05, 4.69) is 0 Å². The Bertz CT molecular complexity index is 307. The van der Waals surface area contributed by atoms with Crippen molar-refractivity contribution < 1.29 is 5.11 Å². The molecule has 15 heavy (non-hydrogen) atoms. The summed E-state index contributed by atoms with van der Waals surface area (Å²) in [5.41, 5.74) is 6.24. The molecule has 0 amide bonds. The lowest BCUT2D eigenvalue weighted by atomic mass is 10.3. The van der Waals surface area contributed by atoms with Gasteiger partial charge in [-0.05, 0) is 36.8 Å². The molecule has 2 nitrogen and oxygen atoms in total. The van der Waals surface area contributed by atoms with Crippen LogP contribution in [0.5, 0.6) is 0 Å². The van der Waals surface area contributed by atoms with Crippen molar-refractivity contribution >= 4 is 29.1 Å². The first-order valence-electron chi connectivity index (χ1n) is 5.02. The Morgan fingerprint density at radius 1 is 1.27 bits per heavy atom. The van der Waals surface area contributed by atoms with E-state index in [0.717, 1.165) is 29.9 Å². The molecule has 0 atom stereocenters. The third-order valence-electron chi connectivity index (χ3n) is 2.04. The Labute approximate surface area is 99.8 Å². The minimum Gasteiger partial charge on any atom is -0.398 e. The Morgan fingerprint density at radius 3 is 2.73 bits per heavy atom. The maximum atomic E-state index is 8.61. The van der Waals surface area contributed by atoms with Gasteiger partial charge in [0, 0.05) is 11.5 Å². The summed E-state index contributed by atoms with van der Waals surface area (Å²) in [5, 5.41) is 9.23. The molecule has 0 aliphatic heterocycles. The van der Waals surface area contributed by atoms with Crippen LogP contribution in [-0.2, 0) is 0 Å². The number of halogens is 1. The number of aliphatic hydroxyl groups is 1. The van der Waals surface area contributed by atoms with Crippen molar-refractivity contribution in [2.75, 3.05) is 18.1 Å². The van der Waals surface area contributed by atoms with Gasteiger partial charge in [0.1, 0.15) is 0 Å². The van der Waals surface area contributed by atoms with E-state index in [0.29, 0.717) is 17.3 Å². The van der Waals surface area contributed by atoms with Crippen LogP contribution in [0.2, 0.25) is 5.02 Å². The van der Waals surface area contributed by atoms with E-state index in [1.807, 2.05) is 18.2 Å². The van der Waals surface area contributed by atoms with Crippen LogP contribution in [-0.4, -0.2) is 17.5 Å². The standard InChI is InChI=1S/C11H16ClNOS/c12-10-8-9(4-5-11(10)13)15-7-3-1-2-6-14/h4-5,8,14H,1-3,6-7,13H2. The number of nitrogen functional groups attached to an aromatic ring is 1. The summed E-state index contributed by atoms with van der Waals surface area (Å²) in [6.45, 7) is 0.290. The minimum absolute atomic E-state index is 0.290. The normalized spacial score (nSPS) is 10.5. The molecule has 3 N–H and O–H groups in total. The van der Waals surface area contributed by atoms with E-state index in [4.69, 9.17) is 22.4 Å². The molecule has 0 heterocycles. The number of unbranched alkanes of at least 4 members (excludes halogenated alkanes) is 2. The number of hydrogen-bond acceptors (Lipinski definition) is 3. The second-order valence-electron chi connectivity index (χ2n) is 3.32. The van der Waals surface area contributed by atoms with Crippen molar-refractivity contribution in [2.45, 2.75) is 24.2 Å². The molecule has 0 spiro atoms. The summed E-state index contributed by atoms with van der Waals surface area (Å²) in [5.74, 6) is 1.06. The number of rotatable bonds is 6. The van der Waals surface area contributed by atoms with E-state index in [1.54, 1.807) is 11.8 Å². The highest BCUT2D eigenvalue weighted by Gasteiger charge is 1.98. The monoisotopic (exact) mass is 245 g/mol. The minimum atomic E-state index is 0.290. The van der Waals surface area contributed by atoms with Gasteiger partial charge in [0.2, 0.25) is 0 Å². The molecule has 1 rings (SSSR count). The summed E-state index contributed by atoms with van der Waals surface area (Å²) < 4.78 is 0. The van der Waals surface area contributed by atoms with Gasteiger partial charge in [-0.1, -0.05) is 18.0 Å². The lowest BCUT2D eigenvalue weighted by molar-refractivity contribution is 0.284. The molecule has 0 fully saturated rings. The van der Waals surface area contributed by atoms with Crippen LogP contribution in [0.15, 0.2) is 23.1 Å². The highest BCUT2D eigenvalue weighted by Crippen LogP contribution is 2.26. The quantitative estimate of drug-likeness (QED) is 0.460. The molecular formula is C11H16ClNOS. The van der Waals surface area contributed by atoms with E-state index < -0.39 is 0 Å². The summed E-state index contributed by atoms with van der Waals surface area (Å²) in [6.07, 6.45) is 3.09. The maximum absolute atomic E-state index is 8.61. The van der Waals surface area contributed by atoms with E-state index in [9.17, 15) is 0 Å². The van der Waals surface area contributed by atoms with Crippen molar-refractivity contribution in [1.29, 1.82) is 0 Å². The third-order valence-corrected chi connectivity index (χ3v) is 3.45. The Balaban J connectivity index is 2.28. The molecule has 0 aromatic heterocycles. The predicted octanol–water partition coefficient (Wildman–Crippen LogP) is 3.18. The van der Waals surface area contributed by atoms with Crippen LogP contribution in [0.1, 0.15) is 19.3 Å². The number of aliphatic hydroxyl groups excluding tert-OH is 1. The van der Waals surface area contributed by atoms with Gasteiger partial charge in [0.15, 0.2) is 0 Å². The van der Waals surface area contributed by atoms with Crippen LogP contribution in [0, 0.1) is 0 Å². The number of anilines is 1. The fourth-order valence-corrected chi connectivity index (χ4v) is 2.37. The summed E-state index contributed by atoms with van der Waals surface area (Å²) in [4.78, 5) is 1.15. The average Bonchev–Trinajstić information content (AvgIpc) is 2.23. The van der Waals surface area contributed by atoms with Crippen LogP contribution in [0.25, 0.3) is 0 Å². The van der Waals surface area contributed by atoms with Crippen LogP contribution in [0.4, 0.5) is 5.69 Å². The molecule has 0 unspecified atom stereocenters. The molecule has 4 heteroatoms. The fourth-order valence-electron chi connectivity index (χ4n) is 1.18. The number of benzene rings is 1. The van der Waals surface area contributed by atoms with E-state index >= 15 is 0 Å². The van der Waals surface area contributed by atoms with Crippen LogP contribution < -0.4 is 5.73 Å². The second-order valence-corrected chi connectivity index (χ2v) is 4.89. The zero-order valence-electron chi connectivity index (χ0n) is 8.58. The largest absolute Gasteiger partial charge is 0.398 e. The zero-order valence-corrected chi connectivity index (χ0v) is 10.2. The third kappa shape index (κ3) is 4.78. The highest BCUT2D eigenvalue weighted by atomic mass is 35.5. The van der Waals surface area contributed by atoms with Gasteiger partial charge in [-0.15, -0.1) is 11.8 Å². The second kappa shape index (κ2) is 6.99. The first-order valence-corrected chi connectivity index (χ1v) is 6.39. The van der Waals surface area contributed by atoms with Crippen molar-refractivity contribution in [3.63, 3.8) is 0 Å². The molecule has 84 valence electrons. The van der Waals surface area contributed by atoms with E-state index in [1.165, 1.54) is 0 Å². The summed E-state index contributed by atoms with van der Waals surface area (Å²) in [7, 11) is 0. The van der Waals surface area contributed by atoms with Gasteiger partial charge < -0.3 is 10.8 Å². The molecular weight excluding hydrogens is 230 g/mol. The Morgan fingerprint density at radius 2 is 2.07 bits per heavy atom. The zero-order chi connectivity index (χ0) is 11.1. The summed E-state index contributed by atoms with van der Waals surface area (Å²) >= 11 is 7.68. The Kier molecular flexibility index (Phi) is 5.91. The maximum Gasteiger partial charge on any atom is 0.0646 e. The van der Waals surface area contributed by atoms with Crippen molar-refractivity contribution in [2.24, 2.45) is 0 Å². The van der Waals surface area contributed by atoms with Gasteiger partial charge in [0.25, 0.3) is 0 Å². The molecule has 0 radical (unpaired) electrons. The molecule has 0 aliphatic carbocycles. The lowest BCUT2D eigenvalue weighted by Gasteiger charge is -2.03. The molecule has 0 saturated carbocycles.